The number of aromatic nitrogens is 1. The predicted molar refractivity (Wildman–Crippen MR) is 74.3 cm³/mol. The molecule has 2 atom stereocenters. The van der Waals surface area contributed by atoms with Gasteiger partial charge in [-0.3, -0.25) is 4.98 Å². The second kappa shape index (κ2) is 5.77. The molecule has 1 aromatic rings. The average molecular weight is 280 g/mol. The summed E-state index contributed by atoms with van der Waals surface area (Å²) >= 11 is 0. The number of nitrogens with zero attached hydrogens (tertiary/aromatic N) is 2. The highest BCUT2D eigenvalue weighted by molar-refractivity contribution is 5.68. The molecule has 0 aromatic carbocycles. The second-order valence-corrected chi connectivity index (χ2v) is 6.12. The molecule has 2 unspecified atom stereocenters. The van der Waals surface area contributed by atoms with Gasteiger partial charge in [0.2, 0.25) is 0 Å². The van der Waals surface area contributed by atoms with Crippen LogP contribution in [0.3, 0.4) is 0 Å². The Kier molecular flexibility index (Phi) is 4.26. The van der Waals surface area contributed by atoms with E-state index in [4.69, 9.17) is 4.74 Å². The first-order valence-corrected chi connectivity index (χ1v) is 6.89. The van der Waals surface area contributed by atoms with E-state index in [0.29, 0.717) is 19.5 Å². The summed E-state index contributed by atoms with van der Waals surface area (Å²) < 4.78 is 19.5. The van der Waals surface area contributed by atoms with Crippen molar-refractivity contribution in [1.29, 1.82) is 0 Å². The molecule has 0 spiro atoms. The fourth-order valence-corrected chi connectivity index (χ4v) is 2.34. The standard InChI is InChI=1S/C15H21FN2O2/c1-15(2,3)20-14(19)18-9-6-13(16)12(10-18)11-4-7-17-8-5-11/h4-5,7-8,12-13H,6,9-10H2,1-3H3. The van der Waals surface area contributed by atoms with Crippen LogP contribution in [0.15, 0.2) is 24.5 Å². The van der Waals surface area contributed by atoms with Crippen molar-refractivity contribution < 1.29 is 13.9 Å². The van der Waals surface area contributed by atoms with Crippen molar-refractivity contribution >= 4 is 6.09 Å². The molecule has 0 saturated carbocycles. The summed E-state index contributed by atoms with van der Waals surface area (Å²) in [5.74, 6) is -0.306. The van der Waals surface area contributed by atoms with E-state index in [2.05, 4.69) is 4.98 Å². The van der Waals surface area contributed by atoms with E-state index in [-0.39, 0.29) is 12.0 Å². The van der Waals surface area contributed by atoms with Crippen LogP contribution in [0.2, 0.25) is 0 Å². The first kappa shape index (κ1) is 14.8. The molecule has 4 nitrogen and oxygen atoms in total. The third-order valence-corrected chi connectivity index (χ3v) is 3.31. The normalized spacial score (nSPS) is 23.5. The van der Waals surface area contributed by atoms with Crippen molar-refractivity contribution in [1.82, 2.24) is 9.88 Å². The van der Waals surface area contributed by atoms with E-state index in [9.17, 15) is 9.18 Å². The first-order chi connectivity index (χ1) is 9.37. The Labute approximate surface area is 118 Å². The van der Waals surface area contributed by atoms with Gasteiger partial charge in [-0.25, -0.2) is 9.18 Å². The Hall–Kier alpha value is -1.65. The molecule has 0 N–H and O–H groups in total. The molecule has 20 heavy (non-hydrogen) atoms. The van der Waals surface area contributed by atoms with E-state index >= 15 is 0 Å². The summed E-state index contributed by atoms with van der Waals surface area (Å²) in [7, 11) is 0. The molecule has 110 valence electrons. The third-order valence-electron chi connectivity index (χ3n) is 3.31. The van der Waals surface area contributed by atoms with Gasteiger partial charge in [0.15, 0.2) is 0 Å². The molecule has 0 aliphatic carbocycles. The summed E-state index contributed by atoms with van der Waals surface area (Å²) in [6.45, 7) is 6.23. The number of halogens is 1. The SMILES string of the molecule is CC(C)(C)OC(=O)N1CCC(F)C(c2ccncc2)C1. The van der Waals surface area contributed by atoms with Crippen LogP contribution in [0, 0.1) is 0 Å². The number of pyridine rings is 1. The Balaban J connectivity index is 2.07. The number of alkyl halides is 1. The molecule has 0 radical (unpaired) electrons. The molecule has 5 heteroatoms. The number of hydrogen-bond donors (Lipinski definition) is 0. The summed E-state index contributed by atoms with van der Waals surface area (Å²) in [5.41, 5.74) is 0.344. The first-order valence-electron chi connectivity index (χ1n) is 6.89. The van der Waals surface area contributed by atoms with Gasteiger partial charge < -0.3 is 9.64 Å². The van der Waals surface area contributed by atoms with Crippen molar-refractivity contribution in [3.05, 3.63) is 30.1 Å². The lowest BCUT2D eigenvalue weighted by Gasteiger charge is -2.36. The molecule has 1 aromatic heterocycles. The summed E-state index contributed by atoms with van der Waals surface area (Å²) in [4.78, 5) is 17.6. The Morgan fingerprint density at radius 2 is 2.05 bits per heavy atom. The average Bonchev–Trinajstić information content (AvgIpc) is 2.38. The van der Waals surface area contributed by atoms with E-state index in [1.807, 2.05) is 20.8 Å². The van der Waals surface area contributed by atoms with Gasteiger partial charge in [-0.05, 0) is 44.9 Å². The van der Waals surface area contributed by atoms with Gasteiger partial charge in [0, 0.05) is 31.4 Å². The molecule has 1 saturated heterocycles. The van der Waals surface area contributed by atoms with Crippen molar-refractivity contribution in [2.45, 2.75) is 44.9 Å². The summed E-state index contributed by atoms with van der Waals surface area (Å²) in [6.07, 6.45) is 2.33. The van der Waals surface area contributed by atoms with Crippen molar-refractivity contribution in [3.63, 3.8) is 0 Å². The maximum Gasteiger partial charge on any atom is 0.410 e. The lowest BCUT2D eigenvalue weighted by Crippen LogP contribution is -2.45. The predicted octanol–water partition coefficient (Wildman–Crippen LogP) is 3.14. The van der Waals surface area contributed by atoms with Crippen LogP contribution >= 0.6 is 0 Å². The smallest absolute Gasteiger partial charge is 0.410 e. The van der Waals surface area contributed by atoms with Gasteiger partial charge in [0.05, 0.1) is 0 Å². The highest BCUT2D eigenvalue weighted by atomic mass is 19.1. The van der Waals surface area contributed by atoms with E-state index < -0.39 is 11.8 Å². The van der Waals surface area contributed by atoms with Gasteiger partial charge in [0.25, 0.3) is 0 Å². The minimum atomic E-state index is -0.934. The highest BCUT2D eigenvalue weighted by Gasteiger charge is 2.34. The fraction of sp³-hybridized carbons (Fsp3) is 0.600. The Morgan fingerprint density at radius 3 is 2.65 bits per heavy atom. The lowest BCUT2D eigenvalue weighted by atomic mass is 9.90. The quantitative estimate of drug-likeness (QED) is 0.793. The van der Waals surface area contributed by atoms with Gasteiger partial charge in [-0.2, -0.15) is 0 Å². The molecule has 0 bridgehead atoms. The topological polar surface area (TPSA) is 42.4 Å². The maximum absolute atomic E-state index is 14.1. The van der Waals surface area contributed by atoms with Crippen molar-refractivity contribution in [3.8, 4) is 0 Å². The molecule has 2 rings (SSSR count). The van der Waals surface area contributed by atoms with Crippen LogP contribution < -0.4 is 0 Å². The van der Waals surface area contributed by atoms with Crippen LogP contribution in [0.4, 0.5) is 9.18 Å². The minimum Gasteiger partial charge on any atom is -0.444 e. The van der Waals surface area contributed by atoms with Gasteiger partial charge >= 0.3 is 6.09 Å². The number of rotatable bonds is 1. The van der Waals surface area contributed by atoms with E-state index in [1.54, 1.807) is 29.4 Å². The molecular formula is C15H21FN2O2. The fourth-order valence-electron chi connectivity index (χ4n) is 2.34. The second-order valence-electron chi connectivity index (χ2n) is 6.12. The zero-order valence-electron chi connectivity index (χ0n) is 12.2. The largest absolute Gasteiger partial charge is 0.444 e. The van der Waals surface area contributed by atoms with E-state index in [1.165, 1.54) is 0 Å². The van der Waals surface area contributed by atoms with Crippen LogP contribution in [0.25, 0.3) is 0 Å². The Bertz CT molecular complexity index is 459. The van der Waals surface area contributed by atoms with Crippen LogP contribution in [0.1, 0.15) is 38.7 Å². The molecular weight excluding hydrogens is 259 g/mol. The zero-order chi connectivity index (χ0) is 14.8. The number of ether oxygens (including phenoxy) is 1. The molecule has 1 amide bonds. The molecule has 2 heterocycles. The summed E-state index contributed by atoms with van der Waals surface area (Å²) in [5, 5.41) is 0. The monoisotopic (exact) mass is 280 g/mol. The molecule has 1 aliphatic heterocycles. The number of carbonyl (C=O) groups is 1. The van der Waals surface area contributed by atoms with Gasteiger partial charge in [-0.15, -0.1) is 0 Å². The number of likely N-dealkylation sites (tertiary alicyclic amines) is 1. The number of hydrogen-bond acceptors (Lipinski definition) is 3. The minimum absolute atomic E-state index is 0.306. The highest BCUT2D eigenvalue weighted by Crippen LogP contribution is 2.30. The Morgan fingerprint density at radius 1 is 1.40 bits per heavy atom. The van der Waals surface area contributed by atoms with Crippen LogP contribution in [-0.2, 0) is 4.74 Å². The van der Waals surface area contributed by atoms with Crippen molar-refractivity contribution in [2.75, 3.05) is 13.1 Å². The molecule has 1 fully saturated rings. The maximum atomic E-state index is 14.1. The van der Waals surface area contributed by atoms with Gasteiger partial charge in [-0.1, -0.05) is 0 Å². The summed E-state index contributed by atoms with van der Waals surface area (Å²) in [6, 6.07) is 3.60. The van der Waals surface area contributed by atoms with E-state index in [0.717, 1.165) is 5.56 Å². The number of piperidine rings is 1. The lowest BCUT2D eigenvalue weighted by molar-refractivity contribution is 0.0135. The third kappa shape index (κ3) is 3.68. The zero-order valence-corrected chi connectivity index (χ0v) is 12.2. The van der Waals surface area contributed by atoms with Gasteiger partial charge in [0.1, 0.15) is 11.8 Å². The number of carbonyl (C=O) groups excluding carboxylic acids is 1. The van der Waals surface area contributed by atoms with Crippen LogP contribution in [-0.4, -0.2) is 40.8 Å². The van der Waals surface area contributed by atoms with Crippen molar-refractivity contribution in [2.24, 2.45) is 0 Å². The number of amides is 1. The van der Waals surface area contributed by atoms with Crippen LogP contribution in [0.5, 0.6) is 0 Å². The molecule has 1 aliphatic rings.